The summed E-state index contributed by atoms with van der Waals surface area (Å²) in [5.41, 5.74) is 5.64. The van der Waals surface area contributed by atoms with Gasteiger partial charge in [-0.1, -0.05) is 71.7 Å². The molecule has 67 heavy (non-hydrogen) atoms. The number of halogens is 2. The van der Waals surface area contributed by atoms with Crippen molar-refractivity contribution >= 4 is 53.4 Å². The van der Waals surface area contributed by atoms with Crippen LogP contribution in [0.4, 0.5) is 29.9 Å². The molecule has 2 aromatic heterocycles. The number of aromatic nitrogens is 3. The van der Waals surface area contributed by atoms with Gasteiger partial charge >= 0.3 is 18.2 Å². The zero-order valence-corrected chi connectivity index (χ0v) is 41.3. The van der Waals surface area contributed by atoms with Gasteiger partial charge < -0.3 is 24.2 Å². The normalized spacial score (nSPS) is 24.8. The van der Waals surface area contributed by atoms with Gasteiger partial charge in [0.1, 0.15) is 55.0 Å². The minimum atomic E-state index is -2.25. The first-order chi connectivity index (χ1) is 31.6. The van der Waals surface area contributed by atoms with Crippen LogP contribution in [0, 0.1) is 17.3 Å². The second-order valence-corrected chi connectivity index (χ2v) is 27.0. The van der Waals surface area contributed by atoms with Crippen LogP contribution in [0.5, 0.6) is 11.9 Å². The summed E-state index contributed by atoms with van der Waals surface area (Å²) in [6.07, 6.45) is -1.27. The zero-order chi connectivity index (χ0) is 48.1. The summed E-state index contributed by atoms with van der Waals surface area (Å²) in [6.45, 7) is 26.1. The van der Waals surface area contributed by atoms with Crippen molar-refractivity contribution < 1.29 is 37.7 Å². The largest absolute Gasteiger partial charge is 0.472 e. The number of fused-ring (bicyclic) bond motifs is 7. The van der Waals surface area contributed by atoms with Crippen molar-refractivity contribution in [1.82, 2.24) is 24.8 Å². The fraction of sp³-hybridized carbons (Fsp3) is 0.549. The lowest BCUT2D eigenvalue weighted by Crippen LogP contribution is -2.64. The average molecular weight is 936 g/mol. The molecule has 356 valence electrons. The minimum Gasteiger partial charge on any atom is -0.472 e. The lowest BCUT2D eigenvalue weighted by atomic mass is 9.93. The molecule has 2 aromatic carbocycles. The number of nitrogens with zero attached hydrogens (tertiary/aromatic N) is 6. The third-order valence-corrected chi connectivity index (χ3v) is 21.3. The molecule has 4 aromatic rings. The van der Waals surface area contributed by atoms with E-state index in [9.17, 15) is 14.7 Å². The first-order valence-electron chi connectivity index (χ1n) is 23.8. The third-order valence-electron chi connectivity index (χ3n) is 15.0. The number of carbonyl (C=O) groups is 2. The van der Waals surface area contributed by atoms with Crippen LogP contribution in [-0.2, 0) is 4.74 Å². The van der Waals surface area contributed by atoms with E-state index in [1.807, 2.05) is 36.1 Å². The van der Waals surface area contributed by atoms with Crippen LogP contribution >= 0.6 is 0 Å². The number of amides is 2. The van der Waals surface area contributed by atoms with E-state index in [4.69, 9.17) is 29.2 Å². The second kappa shape index (κ2) is 16.9. The van der Waals surface area contributed by atoms with E-state index in [2.05, 4.69) is 69.8 Å². The first kappa shape index (κ1) is 46.6. The van der Waals surface area contributed by atoms with Crippen LogP contribution in [0.3, 0.4) is 0 Å². The summed E-state index contributed by atoms with van der Waals surface area (Å²) in [4.78, 5) is 46.5. The van der Waals surface area contributed by atoms with E-state index in [0.717, 1.165) is 5.57 Å². The minimum absolute atomic E-state index is 0.0527. The van der Waals surface area contributed by atoms with Gasteiger partial charge in [-0.15, -0.1) is 5.54 Å². The molecule has 13 nitrogen and oxygen atoms in total. The van der Waals surface area contributed by atoms with Crippen molar-refractivity contribution in [2.24, 2.45) is 0 Å². The molecule has 0 saturated carbocycles. The number of hydrogen-bond acceptors (Lipinski definition) is 10. The Morgan fingerprint density at radius 3 is 2.48 bits per heavy atom. The number of nitrogens with one attached hydrogen (secondary N) is 1. The lowest BCUT2D eigenvalue weighted by molar-refractivity contribution is 0.0634. The van der Waals surface area contributed by atoms with Gasteiger partial charge in [0, 0.05) is 48.3 Å². The molecule has 7 heterocycles. The Morgan fingerprint density at radius 1 is 1.06 bits per heavy atom. The summed E-state index contributed by atoms with van der Waals surface area (Å²) in [6, 6.07) is 7.86. The molecule has 2 amide bonds. The van der Waals surface area contributed by atoms with Gasteiger partial charge in [0.25, 0.3) is 0 Å². The van der Waals surface area contributed by atoms with Crippen molar-refractivity contribution in [3.8, 4) is 34.6 Å². The van der Waals surface area contributed by atoms with Crippen LogP contribution in [0.25, 0.3) is 32.9 Å². The molecule has 5 aliphatic heterocycles. The van der Waals surface area contributed by atoms with Gasteiger partial charge in [0.05, 0.1) is 23.7 Å². The highest BCUT2D eigenvalue weighted by molar-refractivity contribution is 6.90. The highest BCUT2D eigenvalue weighted by Gasteiger charge is 2.54. The SMILES string of the molecule is C=C1CN2C[C@H](F)CC2(COc2nc3c4c(nc(-c5cc(NC(=O)OC(C)(C)C)cc6cccc(C#C[Si](C(C)C)(C(C)C)C(C)C)c56)c(F)c4n2)OC(C)C2C4CCC(CN32)N4C(=O)O)C1. The Kier molecular flexibility index (Phi) is 11.8. The molecule has 2 bridgehead atoms. The quantitative estimate of drug-likeness (QED) is 0.0990. The van der Waals surface area contributed by atoms with E-state index in [0.29, 0.717) is 75.8 Å². The lowest BCUT2D eigenvalue weighted by Gasteiger charge is -2.47. The Morgan fingerprint density at radius 2 is 1.79 bits per heavy atom. The molecule has 16 heteroatoms. The Hall–Kier alpha value is -5.53. The van der Waals surface area contributed by atoms with Gasteiger partial charge in [0.2, 0.25) is 5.88 Å². The predicted molar refractivity (Wildman–Crippen MR) is 259 cm³/mol. The number of alkyl halides is 1. The van der Waals surface area contributed by atoms with Gasteiger partial charge in [-0.25, -0.2) is 23.4 Å². The Labute approximate surface area is 392 Å². The third kappa shape index (κ3) is 8.03. The fourth-order valence-corrected chi connectivity index (χ4v) is 17.6. The number of carbonyl (C=O) groups excluding carboxylic acids is 1. The van der Waals surface area contributed by atoms with Crippen LogP contribution < -0.4 is 19.7 Å². The summed E-state index contributed by atoms with van der Waals surface area (Å²) in [5, 5.41) is 14.8. The average Bonchev–Trinajstić information content (AvgIpc) is 3.80. The van der Waals surface area contributed by atoms with Gasteiger partial charge in [-0.05, 0) is 87.2 Å². The van der Waals surface area contributed by atoms with Crippen LogP contribution in [0.2, 0.25) is 16.6 Å². The molecule has 0 aliphatic carbocycles. The number of piperazine rings is 1. The number of carboxylic acid groups (broad SMARTS) is 1. The fourth-order valence-electron chi connectivity index (χ4n) is 12.4. The predicted octanol–water partition coefficient (Wildman–Crippen LogP) is 10.5. The number of benzene rings is 2. The Balaban J connectivity index is 1.27. The maximum Gasteiger partial charge on any atom is 0.412 e. The monoisotopic (exact) mass is 935 g/mol. The Bertz CT molecular complexity index is 2730. The zero-order valence-electron chi connectivity index (χ0n) is 40.3. The number of pyridine rings is 1. The standard InChI is InChI=1S/C51H63F2N7O6Si/c1-27(2)67(28(3)4,29(5)6)18-17-32-13-12-14-33-19-35(54-48(61)66-50(9,10)11)20-37(39(32)33)42-41(53)43-40-45(57-47(56-43)64-26-51-21-30(7)23-58(51)24-34(52)22-51)59-25-36-15-16-38(60(36)49(62)63)44(59)31(8)65-46(40)55-42/h12-14,19-20,27-29,31,34,36,38,44H,7,15-16,21-26H2,1-6,8-11H3,(H,54,61)(H,62,63)/t31?,34-,36?,38?,44?,51?/m1/s1. The molecular formula is C51H63F2N7O6Si. The summed E-state index contributed by atoms with van der Waals surface area (Å²) in [7, 11) is -2.25. The van der Waals surface area contributed by atoms with Crippen LogP contribution in [0.15, 0.2) is 42.5 Å². The maximum absolute atomic E-state index is 18.3. The molecular weight excluding hydrogens is 873 g/mol. The van der Waals surface area contributed by atoms with Crippen molar-refractivity contribution in [1.29, 1.82) is 0 Å². The molecule has 9 rings (SSSR count). The van der Waals surface area contributed by atoms with Gasteiger partial charge in [-0.3, -0.25) is 15.1 Å². The van der Waals surface area contributed by atoms with Crippen LogP contribution in [-0.4, -0.2) is 118 Å². The number of hydrogen-bond donors (Lipinski definition) is 2. The molecule has 4 saturated heterocycles. The summed E-state index contributed by atoms with van der Waals surface area (Å²) >= 11 is 0. The van der Waals surface area contributed by atoms with E-state index in [1.165, 1.54) is 4.90 Å². The highest BCUT2D eigenvalue weighted by atomic mass is 28.3. The molecule has 5 unspecified atom stereocenters. The second-order valence-electron chi connectivity index (χ2n) is 21.4. The molecule has 4 fully saturated rings. The van der Waals surface area contributed by atoms with E-state index in [1.54, 1.807) is 26.8 Å². The molecule has 5 aliphatic rings. The summed E-state index contributed by atoms with van der Waals surface area (Å²) in [5.74, 6) is 3.24. The number of anilines is 2. The summed E-state index contributed by atoms with van der Waals surface area (Å²) < 4.78 is 52.2. The smallest absolute Gasteiger partial charge is 0.412 e. The van der Waals surface area contributed by atoms with Crippen molar-refractivity contribution in [3.05, 3.63) is 53.9 Å². The first-order valence-corrected chi connectivity index (χ1v) is 26.0. The van der Waals surface area contributed by atoms with Crippen molar-refractivity contribution in [3.63, 3.8) is 0 Å². The number of ether oxygens (including phenoxy) is 3. The van der Waals surface area contributed by atoms with Gasteiger partial charge in [-0.2, -0.15) is 9.97 Å². The number of rotatable bonds is 8. The van der Waals surface area contributed by atoms with E-state index < -0.39 is 61.6 Å². The molecule has 0 radical (unpaired) electrons. The molecule has 0 spiro atoms. The topological polar surface area (TPSA) is 142 Å². The van der Waals surface area contributed by atoms with Gasteiger partial charge in [0.15, 0.2) is 5.82 Å². The van der Waals surface area contributed by atoms with E-state index in [-0.39, 0.29) is 60.6 Å². The van der Waals surface area contributed by atoms with Crippen molar-refractivity contribution in [2.75, 3.05) is 36.5 Å². The van der Waals surface area contributed by atoms with Crippen LogP contribution in [0.1, 0.15) is 100 Å². The van der Waals surface area contributed by atoms with E-state index >= 15 is 8.78 Å². The van der Waals surface area contributed by atoms with Crippen molar-refractivity contribution in [2.45, 2.75) is 153 Å². The molecule has 6 atom stereocenters. The highest BCUT2D eigenvalue weighted by Crippen LogP contribution is 2.49. The molecule has 2 N–H and O–H groups in total. The maximum atomic E-state index is 18.3.